The Balaban J connectivity index is 1.68. The first-order valence-corrected chi connectivity index (χ1v) is 11.5. The molecule has 0 unspecified atom stereocenters. The van der Waals surface area contributed by atoms with Crippen LogP contribution in [0, 0.1) is 0 Å². The van der Waals surface area contributed by atoms with Crippen molar-refractivity contribution in [3.8, 4) is 11.5 Å². The van der Waals surface area contributed by atoms with E-state index >= 15 is 0 Å². The molecule has 0 fully saturated rings. The number of aromatic nitrogens is 1. The molecule has 2 aromatic carbocycles. The maximum atomic E-state index is 12.5. The molecule has 1 heterocycles. The third kappa shape index (κ3) is 5.53. The number of hydrogen-bond donors (Lipinski definition) is 3. The number of hydrogen-bond acceptors (Lipinski definition) is 9. The van der Waals surface area contributed by atoms with Gasteiger partial charge in [0.25, 0.3) is 15.9 Å². The number of carbonyl (C=O) groups is 2. The van der Waals surface area contributed by atoms with Crippen molar-refractivity contribution in [2.75, 3.05) is 24.9 Å². The molecule has 0 saturated carbocycles. The van der Waals surface area contributed by atoms with Crippen LogP contribution in [0.25, 0.3) is 0 Å². The van der Waals surface area contributed by atoms with Gasteiger partial charge >= 0.3 is 0 Å². The second-order valence-electron chi connectivity index (χ2n) is 6.37. The molecule has 0 bridgehead atoms. The Labute approximate surface area is 188 Å². The highest BCUT2D eigenvalue weighted by molar-refractivity contribution is 7.90. The van der Waals surface area contributed by atoms with Gasteiger partial charge in [-0.3, -0.25) is 9.59 Å². The molecule has 2 amide bonds. The molecule has 0 aliphatic rings. The van der Waals surface area contributed by atoms with E-state index in [0.29, 0.717) is 28.0 Å². The van der Waals surface area contributed by atoms with Crippen LogP contribution in [-0.4, -0.2) is 39.4 Å². The lowest BCUT2D eigenvalue weighted by Gasteiger charge is -2.10. The standard InChI is InChI=1S/C20H20N4O6S2/c1-12(25)24-32(27,28)15-7-4-13(5-8-15)21-19(26)17-11-31-20(23-17)22-16-9-6-14(29-2)10-18(16)30-3/h4-11H,1-3H3,(H,21,26)(H,22,23)(H,24,25). The summed E-state index contributed by atoms with van der Waals surface area (Å²) in [6, 6.07) is 10.7. The van der Waals surface area contributed by atoms with Crippen LogP contribution in [-0.2, 0) is 14.8 Å². The van der Waals surface area contributed by atoms with Gasteiger partial charge in [-0.25, -0.2) is 18.1 Å². The summed E-state index contributed by atoms with van der Waals surface area (Å²) in [4.78, 5) is 27.7. The zero-order valence-electron chi connectivity index (χ0n) is 17.3. The maximum absolute atomic E-state index is 12.5. The number of anilines is 3. The van der Waals surface area contributed by atoms with E-state index in [4.69, 9.17) is 9.47 Å². The number of sulfonamides is 1. The minimum absolute atomic E-state index is 0.0979. The smallest absolute Gasteiger partial charge is 0.275 e. The number of amides is 2. The summed E-state index contributed by atoms with van der Waals surface area (Å²) >= 11 is 1.23. The lowest BCUT2D eigenvalue weighted by molar-refractivity contribution is -0.117. The second kappa shape index (κ2) is 9.66. The number of nitrogens with zero attached hydrogens (tertiary/aromatic N) is 1. The van der Waals surface area contributed by atoms with E-state index in [-0.39, 0.29) is 10.6 Å². The van der Waals surface area contributed by atoms with Gasteiger partial charge < -0.3 is 20.1 Å². The molecule has 0 radical (unpaired) electrons. The number of carbonyl (C=O) groups excluding carboxylic acids is 2. The van der Waals surface area contributed by atoms with Gasteiger partial charge in [0.1, 0.15) is 17.2 Å². The van der Waals surface area contributed by atoms with Gasteiger partial charge in [0, 0.05) is 24.1 Å². The van der Waals surface area contributed by atoms with E-state index in [2.05, 4.69) is 15.6 Å². The van der Waals surface area contributed by atoms with Crippen LogP contribution in [0.15, 0.2) is 52.7 Å². The molecule has 3 aromatic rings. The zero-order valence-corrected chi connectivity index (χ0v) is 19.0. The predicted molar refractivity (Wildman–Crippen MR) is 120 cm³/mol. The van der Waals surface area contributed by atoms with Crippen molar-refractivity contribution in [3.63, 3.8) is 0 Å². The molecule has 12 heteroatoms. The average Bonchev–Trinajstić information content (AvgIpc) is 3.22. The summed E-state index contributed by atoms with van der Waals surface area (Å²) in [5.74, 6) is 0.0402. The first-order valence-electron chi connectivity index (χ1n) is 9.11. The Morgan fingerprint density at radius 3 is 2.38 bits per heavy atom. The lowest BCUT2D eigenvalue weighted by atomic mass is 10.3. The van der Waals surface area contributed by atoms with Crippen molar-refractivity contribution in [2.24, 2.45) is 0 Å². The van der Waals surface area contributed by atoms with Crippen molar-refractivity contribution in [1.29, 1.82) is 0 Å². The van der Waals surface area contributed by atoms with Gasteiger partial charge in [-0.2, -0.15) is 0 Å². The Hall–Kier alpha value is -3.64. The fourth-order valence-electron chi connectivity index (χ4n) is 2.61. The molecular formula is C20H20N4O6S2. The lowest BCUT2D eigenvalue weighted by Crippen LogP contribution is -2.28. The summed E-state index contributed by atoms with van der Waals surface area (Å²) in [6.45, 7) is 1.10. The molecule has 0 spiro atoms. The Bertz CT molecular complexity index is 1240. The first kappa shape index (κ1) is 23.0. The van der Waals surface area contributed by atoms with E-state index in [0.717, 1.165) is 6.92 Å². The molecule has 3 N–H and O–H groups in total. The van der Waals surface area contributed by atoms with Crippen LogP contribution in [0.1, 0.15) is 17.4 Å². The highest BCUT2D eigenvalue weighted by Crippen LogP contribution is 2.32. The Kier molecular flexibility index (Phi) is 6.95. The quantitative estimate of drug-likeness (QED) is 0.451. The summed E-state index contributed by atoms with van der Waals surface area (Å²) in [6.07, 6.45) is 0. The highest BCUT2D eigenvalue weighted by Gasteiger charge is 2.16. The van der Waals surface area contributed by atoms with Gasteiger partial charge in [-0.05, 0) is 36.4 Å². The number of rotatable bonds is 8. The minimum Gasteiger partial charge on any atom is -0.497 e. The number of nitrogens with one attached hydrogen (secondary N) is 3. The van der Waals surface area contributed by atoms with Crippen LogP contribution in [0.4, 0.5) is 16.5 Å². The molecule has 10 nitrogen and oxygen atoms in total. The monoisotopic (exact) mass is 476 g/mol. The van der Waals surface area contributed by atoms with Gasteiger partial charge in [-0.1, -0.05) is 0 Å². The minimum atomic E-state index is -3.94. The van der Waals surface area contributed by atoms with E-state index in [1.165, 1.54) is 42.7 Å². The molecule has 1 aromatic heterocycles. The van der Waals surface area contributed by atoms with Crippen LogP contribution < -0.4 is 24.8 Å². The molecular weight excluding hydrogens is 456 g/mol. The third-order valence-electron chi connectivity index (χ3n) is 4.09. The van der Waals surface area contributed by atoms with E-state index in [9.17, 15) is 18.0 Å². The maximum Gasteiger partial charge on any atom is 0.275 e. The molecule has 0 atom stereocenters. The van der Waals surface area contributed by atoms with Gasteiger partial charge in [0.2, 0.25) is 5.91 Å². The largest absolute Gasteiger partial charge is 0.497 e. The number of benzene rings is 2. The fourth-order valence-corrected chi connectivity index (χ4v) is 4.31. The fraction of sp³-hybridized carbons (Fsp3) is 0.150. The third-order valence-corrected chi connectivity index (χ3v) is 6.29. The zero-order chi connectivity index (χ0) is 23.3. The SMILES string of the molecule is COc1ccc(Nc2nc(C(=O)Nc3ccc(S(=O)(=O)NC(C)=O)cc3)cs2)c(OC)c1. The second-order valence-corrected chi connectivity index (χ2v) is 8.91. The van der Waals surface area contributed by atoms with Gasteiger partial charge in [0.05, 0.1) is 24.8 Å². The van der Waals surface area contributed by atoms with E-state index < -0.39 is 21.8 Å². The average molecular weight is 477 g/mol. The van der Waals surface area contributed by atoms with Crippen LogP contribution in [0.5, 0.6) is 11.5 Å². The van der Waals surface area contributed by atoms with Crippen molar-refractivity contribution in [1.82, 2.24) is 9.71 Å². The molecule has 3 rings (SSSR count). The molecule has 0 saturated heterocycles. The van der Waals surface area contributed by atoms with Crippen molar-refractivity contribution >= 4 is 49.7 Å². The molecule has 32 heavy (non-hydrogen) atoms. The van der Waals surface area contributed by atoms with Crippen molar-refractivity contribution in [2.45, 2.75) is 11.8 Å². The normalized spacial score (nSPS) is 10.8. The van der Waals surface area contributed by atoms with Gasteiger partial charge in [-0.15, -0.1) is 11.3 Å². The van der Waals surface area contributed by atoms with Crippen molar-refractivity contribution in [3.05, 3.63) is 53.5 Å². The van der Waals surface area contributed by atoms with E-state index in [1.54, 1.807) is 30.7 Å². The summed E-state index contributed by atoms with van der Waals surface area (Å²) in [5.41, 5.74) is 1.21. The first-order chi connectivity index (χ1) is 15.2. The predicted octanol–water partition coefficient (Wildman–Crippen LogP) is 2.98. The highest BCUT2D eigenvalue weighted by atomic mass is 32.2. The number of ether oxygens (including phenoxy) is 2. The number of thiazole rings is 1. The summed E-state index contributed by atoms with van der Waals surface area (Å²) in [5, 5.41) is 7.81. The summed E-state index contributed by atoms with van der Waals surface area (Å²) in [7, 11) is -0.849. The molecule has 0 aliphatic carbocycles. The Morgan fingerprint density at radius 1 is 1.03 bits per heavy atom. The van der Waals surface area contributed by atoms with Crippen LogP contribution in [0.2, 0.25) is 0 Å². The van der Waals surface area contributed by atoms with Gasteiger partial charge in [0.15, 0.2) is 5.13 Å². The Morgan fingerprint density at radius 2 is 1.75 bits per heavy atom. The van der Waals surface area contributed by atoms with Crippen LogP contribution in [0.3, 0.4) is 0 Å². The van der Waals surface area contributed by atoms with E-state index in [1.807, 2.05) is 4.72 Å². The topological polar surface area (TPSA) is 136 Å². The van der Waals surface area contributed by atoms with Crippen molar-refractivity contribution < 1.29 is 27.5 Å². The molecule has 0 aliphatic heterocycles. The van der Waals surface area contributed by atoms with Crippen LogP contribution >= 0.6 is 11.3 Å². The summed E-state index contributed by atoms with van der Waals surface area (Å²) < 4.78 is 36.3. The number of methoxy groups -OCH3 is 2. The molecule has 168 valence electrons.